The molecule has 0 amide bonds. The van der Waals surface area contributed by atoms with Gasteiger partial charge in [-0.3, -0.25) is 4.40 Å². The molecule has 0 aliphatic heterocycles. The topological polar surface area (TPSA) is 64.3 Å². The number of nitrogens with zero attached hydrogens (tertiary/aromatic N) is 4. The molecule has 0 saturated heterocycles. The van der Waals surface area contributed by atoms with Gasteiger partial charge < -0.3 is 10.1 Å². The van der Waals surface area contributed by atoms with Gasteiger partial charge in [-0.2, -0.15) is 0 Å². The van der Waals surface area contributed by atoms with E-state index < -0.39 is 0 Å². The maximum Gasteiger partial charge on any atom is 0.261 e. The lowest BCUT2D eigenvalue weighted by atomic mass is 10.5. The van der Waals surface area contributed by atoms with E-state index in [2.05, 4.69) is 36.4 Å². The number of ether oxygens (including phenoxy) is 1. The second-order valence-electron chi connectivity index (χ2n) is 2.91. The lowest BCUT2D eigenvalue weighted by Crippen LogP contribution is -2.09. The van der Waals surface area contributed by atoms with Crippen molar-refractivity contribution in [2.24, 2.45) is 0 Å². The highest BCUT2D eigenvalue weighted by molar-refractivity contribution is 9.10. The molecule has 7 heteroatoms. The molecular weight excluding hydrogens is 262 g/mol. The van der Waals surface area contributed by atoms with Crippen molar-refractivity contribution < 1.29 is 4.74 Å². The number of hydrogen-bond donors (Lipinski definition) is 1. The van der Waals surface area contributed by atoms with Crippen molar-refractivity contribution in [3.63, 3.8) is 0 Å². The fraction of sp³-hybridized carbons (Fsp3) is 0.375. The van der Waals surface area contributed by atoms with Gasteiger partial charge in [-0.05, 0) is 23.0 Å². The molecule has 0 spiro atoms. The van der Waals surface area contributed by atoms with E-state index >= 15 is 0 Å². The summed E-state index contributed by atoms with van der Waals surface area (Å²) in [6.07, 6.45) is 1.81. The minimum Gasteiger partial charge on any atom is -0.478 e. The Balaban J connectivity index is 2.64. The van der Waals surface area contributed by atoms with E-state index in [9.17, 15) is 0 Å². The third-order valence-corrected chi connectivity index (χ3v) is 2.31. The molecule has 0 radical (unpaired) electrons. The van der Waals surface area contributed by atoms with Gasteiger partial charge in [0.2, 0.25) is 5.65 Å². The third kappa shape index (κ3) is 1.80. The van der Waals surface area contributed by atoms with E-state index in [0.717, 1.165) is 5.82 Å². The highest BCUT2D eigenvalue weighted by Crippen LogP contribution is 2.19. The van der Waals surface area contributed by atoms with E-state index in [0.29, 0.717) is 22.7 Å². The number of halogens is 1. The number of fused-ring (bicyclic) bond motifs is 1. The normalized spacial score (nSPS) is 10.9. The van der Waals surface area contributed by atoms with Crippen LogP contribution in [0.1, 0.15) is 5.82 Å². The standard InChI is InChI=1S/C8H10BrN5O/c1-10-3-6-12-13-7-8(15-2)11-5(9)4-14(6)7/h4,10H,3H2,1-2H3. The zero-order valence-electron chi connectivity index (χ0n) is 8.36. The van der Waals surface area contributed by atoms with Gasteiger partial charge in [0, 0.05) is 6.20 Å². The number of nitrogens with one attached hydrogen (secondary N) is 1. The van der Waals surface area contributed by atoms with Crippen LogP contribution in [0.3, 0.4) is 0 Å². The van der Waals surface area contributed by atoms with Gasteiger partial charge in [-0.15, -0.1) is 10.2 Å². The number of aromatic nitrogens is 4. The SMILES string of the molecule is CNCc1nnc2c(OC)nc(Br)cn12. The van der Waals surface area contributed by atoms with E-state index in [1.165, 1.54) is 0 Å². The van der Waals surface area contributed by atoms with Crippen LogP contribution in [0.4, 0.5) is 0 Å². The lowest BCUT2D eigenvalue weighted by Gasteiger charge is -2.02. The Morgan fingerprint density at radius 1 is 1.53 bits per heavy atom. The van der Waals surface area contributed by atoms with Gasteiger partial charge in [0.1, 0.15) is 4.60 Å². The maximum atomic E-state index is 5.11. The zero-order valence-corrected chi connectivity index (χ0v) is 9.95. The maximum absolute atomic E-state index is 5.11. The summed E-state index contributed by atoms with van der Waals surface area (Å²) in [6, 6.07) is 0. The molecule has 2 rings (SSSR count). The molecule has 2 heterocycles. The van der Waals surface area contributed by atoms with Crippen LogP contribution >= 0.6 is 15.9 Å². The Morgan fingerprint density at radius 2 is 2.33 bits per heavy atom. The average molecular weight is 272 g/mol. The number of methoxy groups -OCH3 is 1. The van der Waals surface area contributed by atoms with Crippen molar-refractivity contribution in [3.05, 3.63) is 16.6 Å². The highest BCUT2D eigenvalue weighted by atomic mass is 79.9. The van der Waals surface area contributed by atoms with Crippen molar-refractivity contribution in [2.75, 3.05) is 14.2 Å². The number of rotatable bonds is 3. The van der Waals surface area contributed by atoms with Crippen LogP contribution in [-0.2, 0) is 6.54 Å². The Labute approximate surface area is 94.8 Å². The molecule has 6 nitrogen and oxygen atoms in total. The first-order valence-electron chi connectivity index (χ1n) is 4.35. The quantitative estimate of drug-likeness (QED) is 0.887. The molecule has 0 aliphatic carbocycles. The van der Waals surface area contributed by atoms with Gasteiger partial charge in [-0.25, -0.2) is 4.98 Å². The zero-order chi connectivity index (χ0) is 10.8. The molecule has 1 N–H and O–H groups in total. The molecule has 80 valence electrons. The molecule has 2 aromatic rings. The van der Waals surface area contributed by atoms with Gasteiger partial charge in [-0.1, -0.05) is 0 Å². The second kappa shape index (κ2) is 4.11. The molecule has 15 heavy (non-hydrogen) atoms. The van der Waals surface area contributed by atoms with Crippen LogP contribution in [0, 0.1) is 0 Å². The van der Waals surface area contributed by atoms with Crippen LogP contribution < -0.4 is 10.1 Å². The van der Waals surface area contributed by atoms with Crippen LogP contribution in [0.25, 0.3) is 5.65 Å². The minimum atomic E-state index is 0.458. The molecule has 2 aromatic heterocycles. The molecule has 0 fully saturated rings. The van der Waals surface area contributed by atoms with E-state index in [1.807, 2.05) is 17.6 Å². The van der Waals surface area contributed by atoms with Crippen LogP contribution in [0.15, 0.2) is 10.8 Å². The van der Waals surface area contributed by atoms with Crippen LogP contribution in [0.5, 0.6) is 5.88 Å². The predicted octanol–water partition coefficient (Wildman–Crippen LogP) is 0.615. The summed E-state index contributed by atoms with van der Waals surface area (Å²) in [5.74, 6) is 1.27. The van der Waals surface area contributed by atoms with Crippen LogP contribution in [-0.4, -0.2) is 33.7 Å². The fourth-order valence-corrected chi connectivity index (χ4v) is 1.67. The fourth-order valence-electron chi connectivity index (χ4n) is 1.30. The van der Waals surface area contributed by atoms with E-state index in [4.69, 9.17) is 4.74 Å². The summed E-state index contributed by atoms with van der Waals surface area (Å²) in [5.41, 5.74) is 0.617. The molecular formula is C8H10BrN5O. The largest absolute Gasteiger partial charge is 0.478 e. The Kier molecular flexibility index (Phi) is 2.83. The first-order valence-corrected chi connectivity index (χ1v) is 5.14. The monoisotopic (exact) mass is 271 g/mol. The molecule has 0 saturated carbocycles. The third-order valence-electron chi connectivity index (χ3n) is 1.93. The predicted molar refractivity (Wildman–Crippen MR) is 57.8 cm³/mol. The van der Waals surface area contributed by atoms with Crippen molar-refractivity contribution in [2.45, 2.75) is 6.54 Å². The average Bonchev–Trinajstić information content (AvgIpc) is 2.61. The highest BCUT2D eigenvalue weighted by Gasteiger charge is 2.11. The van der Waals surface area contributed by atoms with E-state index in [1.54, 1.807) is 7.11 Å². The Morgan fingerprint density at radius 3 is 3.00 bits per heavy atom. The summed E-state index contributed by atoms with van der Waals surface area (Å²) >= 11 is 3.31. The molecule has 0 aliphatic rings. The lowest BCUT2D eigenvalue weighted by molar-refractivity contribution is 0.399. The Hall–Kier alpha value is -1.21. The van der Waals surface area contributed by atoms with E-state index in [-0.39, 0.29) is 0 Å². The molecule has 0 aromatic carbocycles. The number of hydrogen-bond acceptors (Lipinski definition) is 5. The summed E-state index contributed by atoms with van der Waals surface area (Å²) < 4.78 is 7.64. The molecule has 0 atom stereocenters. The van der Waals surface area contributed by atoms with Crippen molar-refractivity contribution >= 4 is 21.6 Å². The molecule has 0 bridgehead atoms. The van der Waals surface area contributed by atoms with Crippen molar-refractivity contribution in [1.82, 2.24) is 24.9 Å². The Bertz CT molecular complexity index is 483. The van der Waals surface area contributed by atoms with Gasteiger partial charge in [0.05, 0.1) is 13.7 Å². The minimum absolute atomic E-state index is 0.458. The smallest absolute Gasteiger partial charge is 0.261 e. The first kappa shape index (κ1) is 10.3. The van der Waals surface area contributed by atoms with Gasteiger partial charge in [0.25, 0.3) is 5.88 Å². The summed E-state index contributed by atoms with van der Waals surface area (Å²) in [5, 5.41) is 11.1. The van der Waals surface area contributed by atoms with Gasteiger partial charge >= 0.3 is 0 Å². The summed E-state index contributed by atoms with van der Waals surface area (Å²) in [4.78, 5) is 4.14. The van der Waals surface area contributed by atoms with Crippen molar-refractivity contribution in [1.29, 1.82) is 0 Å². The van der Waals surface area contributed by atoms with Gasteiger partial charge in [0.15, 0.2) is 5.82 Å². The van der Waals surface area contributed by atoms with Crippen LogP contribution in [0.2, 0.25) is 0 Å². The summed E-state index contributed by atoms with van der Waals surface area (Å²) in [7, 11) is 3.41. The first-order chi connectivity index (χ1) is 7.26. The molecule has 0 unspecified atom stereocenters. The van der Waals surface area contributed by atoms with Crippen molar-refractivity contribution in [3.8, 4) is 5.88 Å². The summed E-state index contributed by atoms with van der Waals surface area (Å²) in [6.45, 7) is 0.640. The second-order valence-corrected chi connectivity index (χ2v) is 3.73.